The first kappa shape index (κ1) is 21.0. The van der Waals surface area contributed by atoms with Gasteiger partial charge < -0.3 is 9.47 Å². The molecule has 2 aromatic carbocycles. The van der Waals surface area contributed by atoms with Crippen molar-refractivity contribution in [2.45, 2.75) is 6.92 Å². The van der Waals surface area contributed by atoms with Crippen molar-refractivity contribution in [3.63, 3.8) is 0 Å². The first-order chi connectivity index (χ1) is 15.0. The lowest BCUT2D eigenvalue weighted by atomic mass is 10.1. The molecular weight excluding hydrogens is 480 g/mol. The average molecular weight is 497 g/mol. The summed E-state index contributed by atoms with van der Waals surface area (Å²) in [6.45, 7) is 1.79. The number of hydrogen-bond donors (Lipinski definition) is 0. The minimum absolute atomic E-state index is 0.220. The summed E-state index contributed by atoms with van der Waals surface area (Å²) >= 11 is 4.72. The van der Waals surface area contributed by atoms with Gasteiger partial charge in [0, 0.05) is 4.47 Å². The molecule has 0 bridgehead atoms. The van der Waals surface area contributed by atoms with Crippen molar-refractivity contribution in [3.8, 4) is 11.5 Å². The SMILES string of the molecule is COc1cc(/C=C2/C(=O)N(c3cccc(Br)c3)N=C2C)ccc1OC(=O)c1cccs1. The number of rotatable bonds is 5. The molecule has 0 atom stereocenters. The number of hydrogen-bond acceptors (Lipinski definition) is 6. The van der Waals surface area contributed by atoms with Crippen molar-refractivity contribution >= 4 is 56.6 Å². The van der Waals surface area contributed by atoms with Crippen LogP contribution in [-0.2, 0) is 4.79 Å². The number of amides is 1. The van der Waals surface area contributed by atoms with E-state index >= 15 is 0 Å². The summed E-state index contributed by atoms with van der Waals surface area (Å²) in [4.78, 5) is 25.7. The van der Waals surface area contributed by atoms with Crippen LogP contribution in [0, 0.1) is 0 Å². The Kier molecular flexibility index (Phi) is 6.01. The Balaban J connectivity index is 1.59. The molecule has 0 aliphatic carbocycles. The van der Waals surface area contributed by atoms with E-state index < -0.39 is 5.97 Å². The van der Waals surface area contributed by atoms with Crippen molar-refractivity contribution in [3.05, 3.63) is 80.5 Å². The quantitative estimate of drug-likeness (QED) is 0.264. The van der Waals surface area contributed by atoms with Gasteiger partial charge in [0.2, 0.25) is 0 Å². The van der Waals surface area contributed by atoms with E-state index in [1.54, 1.807) is 43.3 Å². The summed E-state index contributed by atoms with van der Waals surface area (Å²) in [7, 11) is 1.50. The normalized spacial score (nSPS) is 14.7. The van der Waals surface area contributed by atoms with Crippen molar-refractivity contribution in [1.82, 2.24) is 0 Å². The fourth-order valence-corrected chi connectivity index (χ4v) is 4.02. The monoisotopic (exact) mass is 496 g/mol. The van der Waals surface area contributed by atoms with Gasteiger partial charge in [-0.2, -0.15) is 10.1 Å². The Labute approximate surface area is 191 Å². The highest BCUT2D eigenvalue weighted by atomic mass is 79.9. The molecule has 0 fully saturated rings. The van der Waals surface area contributed by atoms with E-state index in [-0.39, 0.29) is 5.91 Å². The van der Waals surface area contributed by atoms with E-state index in [4.69, 9.17) is 9.47 Å². The zero-order valence-electron chi connectivity index (χ0n) is 16.7. The number of halogens is 1. The number of carbonyl (C=O) groups excluding carboxylic acids is 2. The first-order valence-electron chi connectivity index (χ1n) is 9.27. The molecule has 0 radical (unpaired) electrons. The van der Waals surface area contributed by atoms with E-state index in [0.29, 0.717) is 33.3 Å². The van der Waals surface area contributed by atoms with Gasteiger partial charge in [0.1, 0.15) is 4.88 Å². The summed E-state index contributed by atoms with van der Waals surface area (Å²) in [5.74, 6) is 0.0332. The lowest BCUT2D eigenvalue weighted by Crippen LogP contribution is -2.21. The molecule has 1 amide bonds. The molecule has 0 unspecified atom stereocenters. The molecule has 1 aromatic heterocycles. The Morgan fingerprint density at radius 3 is 2.68 bits per heavy atom. The van der Waals surface area contributed by atoms with Crippen LogP contribution in [-0.4, -0.2) is 24.7 Å². The third kappa shape index (κ3) is 4.45. The standard InChI is InChI=1S/C23H17BrN2O4S/c1-14-18(22(27)26(25-14)17-6-3-5-16(24)13-17)11-15-8-9-19(20(12-15)29-2)30-23(28)21-7-4-10-31-21/h3-13H,1-2H3/b18-11+. The van der Waals surface area contributed by atoms with Gasteiger partial charge in [-0.15, -0.1) is 11.3 Å². The molecule has 0 saturated carbocycles. The van der Waals surface area contributed by atoms with Gasteiger partial charge in [0.25, 0.3) is 5.91 Å². The van der Waals surface area contributed by atoms with E-state index in [0.717, 1.165) is 10.0 Å². The topological polar surface area (TPSA) is 68.2 Å². The lowest BCUT2D eigenvalue weighted by Gasteiger charge is -2.12. The van der Waals surface area contributed by atoms with E-state index in [2.05, 4.69) is 21.0 Å². The number of anilines is 1. The highest BCUT2D eigenvalue weighted by Gasteiger charge is 2.29. The zero-order valence-corrected chi connectivity index (χ0v) is 19.1. The van der Waals surface area contributed by atoms with Gasteiger partial charge in [-0.3, -0.25) is 4.79 Å². The molecule has 0 spiro atoms. The second kappa shape index (κ2) is 8.87. The van der Waals surface area contributed by atoms with Gasteiger partial charge in [-0.25, -0.2) is 4.79 Å². The van der Waals surface area contributed by atoms with Crippen LogP contribution in [0.15, 0.2) is 75.1 Å². The van der Waals surface area contributed by atoms with Gasteiger partial charge in [0.15, 0.2) is 11.5 Å². The number of thiophene rings is 1. The van der Waals surface area contributed by atoms with E-state index in [9.17, 15) is 9.59 Å². The summed E-state index contributed by atoms with van der Waals surface area (Å²) in [5.41, 5.74) is 2.49. The predicted octanol–water partition coefficient (Wildman–Crippen LogP) is 5.54. The molecule has 2 heterocycles. The number of hydrazone groups is 1. The molecule has 156 valence electrons. The highest BCUT2D eigenvalue weighted by Crippen LogP contribution is 2.32. The zero-order chi connectivity index (χ0) is 22.0. The molecule has 0 saturated heterocycles. The Morgan fingerprint density at radius 1 is 1.13 bits per heavy atom. The molecular formula is C23H17BrN2O4S. The molecule has 8 heteroatoms. The Bertz CT molecular complexity index is 1220. The van der Waals surface area contributed by atoms with Crippen LogP contribution in [0.1, 0.15) is 22.2 Å². The highest BCUT2D eigenvalue weighted by molar-refractivity contribution is 9.10. The Hall–Kier alpha value is -3.23. The van der Waals surface area contributed by atoms with Crippen LogP contribution in [0.5, 0.6) is 11.5 Å². The Morgan fingerprint density at radius 2 is 1.97 bits per heavy atom. The van der Waals surface area contributed by atoms with Crippen LogP contribution < -0.4 is 14.5 Å². The maximum Gasteiger partial charge on any atom is 0.353 e. The molecule has 1 aliphatic rings. The second-order valence-corrected chi connectivity index (χ2v) is 8.48. The van der Waals surface area contributed by atoms with Crippen LogP contribution >= 0.6 is 27.3 Å². The number of benzene rings is 2. The van der Waals surface area contributed by atoms with Crippen LogP contribution in [0.4, 0.5) is 5.69 Å². The van der Waals surface area contributed by atoms with Gasteiger partial charge >= 0.3 is 5.97 Å². The third-order valence-corrected chi connectivity index (χ3v) is 5.88. The van der Waals surface area contributed by atoms with Crippen molar-refractivity contribution in [1.29, 1.82) is 0 Å². The summed E-state index contributed by atoms with van der Waals surface area (Å²) in [6, 6.07) is 16.0. The van der Waals surface area contributed by atoms with Crippen LogP contribution in [0.25, 0.3) is 6.08 Å². The van der Waals surface area contributed by atoms with E-state index in [1.807, 2.05) is 29.6 Å². The number of ether oxygens (including phenoxy) is 2. The molecule has 6 nitrogen and oxygen atoms in total. The summed E-state index contributed by atoms with van der Waals surface area (Å²) in [5, 5.41) is 7.58. The number of nitrogens with zero attached hydrogens (tertiary/aromatic N) is 2. The summed E-state index contributed by atoms with van der Waals surface area (Å²) in [6.07, 6.45) is 1.74. The third-order valence-electron chi connectivity index (χ3n) is 4.54. The minimum Gasteiger partial charge on any atom is -0.493 e. The molecule has 1 aliphatic heterocycles. The van der Waals surface area contributed by atoms with Crippen molar-refractivity contribution < 1.29 is 19.1 Å². The maximum atomic E-state index is 13.0. The molecule has 0 N–H and O–H groups in total. The largest absolute Gasteiger partial charge is 0.493 e. The van der Waals surface area contributed by atoms with Crippen molar-refractivity contribution in [2.24, 2.45) is 5.10 Å². The summed E-state index contributed by atoms with van der Waals surface area (Å²) < 4.78 is 11.7. The molecule has 4 rings (SSSR count). The van der Waals surface area contributed by atoms with E-state index in [1.165, 1.54) is 23.5 Å². The smallest absolute Gasteiger partial charge is 0.353 e. The fourth-order valence-electron chi connectivity index (χ4n) is 3.04. The number of carbonyl (C=O) groups is 2. The predicted molar refractivity (Wildman–Crippen MR) is 125 cm³/mol. The number of esters is 1. The second-order valence-electron chi connectivity index (χ2n) is 6.62. The first-order valence-corrected chi connectivity index (χ1v) is 10.9. The fraction of sp³-hybridized carbons (Fsp3) is 0.0870. The van der Waals surface area contributed by atoms with Crippen LogP contribution in [0.2, 0.25) is 0 Å². The van der Waals surface area contributed by atoms with Gasteiger partial charge in [-0.1, -0.05) is 34.1 Å². The van der Waals surface area contributed by atoms with Gasteiger partial charge in [-0.05, 0) is 60.3 Å². The van der Waals surface area contributed by atoms with Crippen LogP contribution in [0.3, 0.4) is 0 Å². The van der Waals surface area contributed by atoms with Gasteiger partial charge in [0.05, 0.1) is 24.1 Å². The molecule has 31 heavy (non-hydrogen) atoms. The maximum absolute atomic E-state index is 13.0. The lowest BCUT2D eigenvalue weighted by molar-refractivity contribution is -0.114. The number of methoxy groups -OCH3 is 1. The molecule has 3 aromatic rings. The van der Waals surface area contributed by atoms with Crippen molar-refractivity contribution in [2.75, 3.05) is 12.1 Å². The average Bonchev–Trinajstić information content (AvgIpc) is 3.39. The minimum atomic E-state index is -0.446.